The van der Waals surface area contributed by atoms with Gasteiger partial charge in [0.25, 0.3) is 5.91 Å². The summed E-state index contributed by atoms with van der Waals surface area (Å²) in [6, 6.07) is 13.6. The third-order valence-electron chi connectivity index (χ3n) is 4.04. The van der Waals surface area contributed by atoms with E-state index in [1.165, 1.54) is 0 Å². The second-order valence-corrected chi connectivity index (χ2v) is 7.09. The number of benzene rings is 1. The van der Waals surface area contributed by atoms with Crippen molar-refractivity contribution < 1.29 is 9.53 Å². The normalized spacial score (nSPS) is 13.7. The summed E-state index contributed by atoms with van der Waals surface area (Å²) in [6.07, 6.45) is 0. The monoisotopic (exact) mass is 366 g/mol. The summed E-state index contributed by atoms with van der Waals surface area (Å²) in [5.74, 6) is 1.30. The number of rotatable bonds is 4. The minimum absolute atomic E-state index is 0.0171. The lowest BCUT2D eigenvalue weighted by Crippen LogP contribution is -2.32. The Hall–Kier alpha value is -2.93. The number of nitrogens with one attached hydrogen (secondary N) is 1. The number of carbonyl (C=O) groups is 1. The van der Waals surface area contributed by atoms with Crippen LogP contribution in [0.25, 0.3) is 0 Å². The molecule has 0 radical (unpaired) electrons. The molecular formula is C19H18N4O2S. The zero-order valence-electron chi connectivity index (χ0n) is 14.3. The highest BCUT2D eigenvalue weighted by atomic mass is 32.1. The average Bonchev–Trinajstić information content (AvgIpc) is 2.99. The molecule has 0 spiro atoms. The molecule has 3 heterocycles. The fourth-order valence-electron chi connectivity index (χ4n) is 2.79. The fraction of sp³-hybridized carbons (Fsp3) is 0.211. The van der Waals surface area contributed by atoms with Gasteiger partial charge >= 0.3 is 0 Å². The molecule has 0 atom stereocenters. The number of aryl methyl sites for hydroxylation is 1. The van der Waals surface area contributed by atoms with Crippen LogP contribution >= 0.6 is 11.3 Å². The van der Waals surface area contributed by atoms with Crippen molar-refractivity contribution in [1.29, 1.82) is 0 Å². The molecule has 0 aliphatic carbocycles. The topological polar surface area (TPSA) is 67.3 Å². The summed E-state index contributed by atoms with van der Waals surface area (Å²) < 4.78 is 5.64. The molecule has 0 bridgehead atoms. The van der Waals surface area contributed by atoms with Gasteiger partial charge in [0.15, 0.2) is 6.61 Å². The standard InChI is InChI=1S/C19H18N4O2S/c1-13-20-15(12-26-13)9-23-10-16-17(25-11-19(23)24)7-8-18(22-16)21-14-5-3-2-4-6-14/h2-8,12H,9-11H2,1H3,(H,21,22). The van der Waals surface area contributed by atoms with Crippen LogP contribution in [0.1, 0.15) is 16.4 Å². The van der Waals surface area contributed by atoms with E-state index in [9.17, 15) is 4.79 Å². The van der Waals surface area contributed by atoms with Gasteiger partial charge in [-0.05, 0) is 31.2 Å². The number of carbonyl (C=O) groups excluding carboxylic acids is 1. The predicted molar refractivity (Wildman–Crippen MR) is 101 cm³/mol. The quantitative estimate of drug-likeness (QED) is 0.765. The maximum atomic E-state index is 12.4. The molecule has 1 aliphatic heterocycles. The zero-order valence-corrected chi connectivity index (χ0v) is 15.1. The number of hydrogen-bond donors (Lipinski definition) is 1. The van der Waals surface area contributed by atoms with Gasteiger partial charge in [-0.1, -0.05) is 18.2 Å². The molecule has 4 rings (SSSR count). The lowest BCUT2D eigenvalue weighted by Gasteiger charge is -2.18. The Bertz CT molecular complexity index is 926. The van der Waals surface area contributed by atoms with Crippen molar-refractivity contribution >= 4 is 28.7 Å². The predicted octanol–water partition coefficient (Wildman–Crippen LogP) is 3.51. The second kappa shape index (κ2) is 7.13. The first-order valence-electron chi connectivity index (χ1n) is 8.31. The maximum Gasteiger partial charge on any atom is 0.261 e. The Morgan fingerprint density at radius 2 is 2.04 bits per heavy atom. The Morgan fingerprint density at radius 1 is 1.19 bits per heavy atom. The first-order chi connectivity index (χ1) is 12.7. The number of nitrogens with zero attached hydrogens (tertiary/aromatic N) is 3. The molecule has 0 unspecified atom stereocenters. The third kappa shape index (κ3) is 3.67. The van der Waals surface area contributed by atoms with E-state index in [0.29, 0.717) is 18.8 Å². The third-order valence-corrected chi connectivity index (χ3v) is 4.86. The van der Waals surface area contributed by atoms with Gasteiger partial charge < -0.3 is 15.0 Å². The number of ether oxygens (including phenoxy) is 1. The Kier molecular flexibility index (Phi) is 4.53. The summed E-state index contributed by atoms with van der Waals surface area (Å²) in [5.41, 5.74) is 2.59. The molecule has 132 valence electrons. The highest BCUT2D eigenvalue weighted by Crippen LogP contribution is 2.26. The zero-order chi connectivity index (χ0) is 17.9. The van der Waals surface area contributed by atoms with Crippen LogP contribution in [-0.2, 0) is 17.9 Å². The maximum absolute atomic E-state index is 12.4. The van der Waals surface area contributed by atoms with E-state index >= 15 is 0 Å². The summed E-state index contributed by atoms with van der Waals surface area (Å²) in [7, 11) is 0. The van der Waals surface area contributed by atoms with Crippen LogP contribution in [0.4, 0.5) is 11.5 Å². The first-order valence-corrected chi connectivity index (χ1v) is 9.19. The summed E-state index contributed by atoms with van der Waals surface area (Å²) >= 11 is 1.58. The molecule has 26 heavy (non-hydrogen) atoms. The van der Waals surface area contributed by atoms with Crippen LogP contribution in [-0.4, -0.2) is 27.4 Å². The second-order valence-electron chi connectivity index (χ2n) is 6.03. The van der Waals surface area contributed by atoms with Crippen LogP contribution in [0.15, 0.2) is 47.8 Å². The Balaban J connectivity index is 1.56. The van der Waals surface area contributed by atoms with E-state index in [1.54, 1.807) is 16.2 Å². The van der Waals surface area contributed by atoms with E-state index in [0.717, 1.165) is 27.9 Å². The largest absolute Gasteiger partial charge is 0.482 e. The van der Waals surface area contributed by atoms with E-state index in [4.69, 9.17) is 4.74 Å². The van der Waals surface area contributed by atoms with Crippen molar-refractivity contribution in [2.75, 3.05) is 11.9 Å². The van der Waals surface area contributed by atoms with Gasteiger partial charge in [-0.3, -0.25) is 4.79 Å². The van der Waals surface area contributed by atoms with Crippen LogP contribution < -0.4 is 10.1 Å². The summed E-state index contributed by atoms with van der Waals surface area (Å²) in [6.45, 7) is 2.84. The molecular weight excluding hydrogens is 348 g/mol. The van der Waals surface area contributed by atoms with E-state index in [-0.39, 0.29) is 12.5 Å². The molecule has 0 saturated heterocycles. The lowest BCUT2D eigenvalue weighted by atomic mass is 10.2. The number of aromatic nitrogens is 2. The summed E-state index contributed by atoms with van der Waals surface area (Å²) in [4.78, 5) is 23.2. The van der Waals surface area contributed by atoms with Gasteiger partial charge in [0, 0.05) is 11.1 Å². The smallest absolute Gasteiger partial charge is 0.261 e. The molecule has 1 N–H and O–H groups in total. The molecule has 6 nitrogen and oxygen atoms in total. The first kappa shape index (κ1) is 16.5. The van der Waals surface area contributed by atoms with E-state index < -0.39 is 0 Å². The number of fused-ring (bicyclic) bond motifs is 1. The SMILES string of the molecule is Cc1nc(CN2Cc3nc(Nc4ccccc4)ccc3OCC2=O)cs1. The Labute approximate surface area is 155 Å². The average molecular weight is 366 g/mol. The molecule has 1 amide bonds. The summed E-state index contributed by atoms with van der Waals surface area (Å²) in [5, 5.41) is 6.25. The van der Waals surface area contributed by atoms with Gasteiger partial charge in [-0.25, -0.2) is 9.97 Å². The van der Waals surface area contributed by atoms with Crippen LogP contribution in [0.5, 0.6) is 5.75 Å². The molecule has 2 aromatic heterocycles. The van der Waals surface area contributed by atoms with Gasteiger partial charge in [0.1, 0.15) is 17.3 Å². The van der Waals surface area contributed by atoms with Crippen LogP contribution in [0.3, 0.4) is 0 Å². The highest BCUT2D eigenvalue weighted by Gasteiger charge is 2.23. The molecule has 0 fully saturated rings. The minimum Gasteiger partial charge on any atom is -0.482 e. The van der Waals surface area contributed by atoms with Crippen molar-refractivity contribution in [3.63, 3.8) is 0 Å². The number of pyridine rings is 1. The van der Waals surface area contributed by atoms with Crippen molar-refractivity contribution in [2.45, 2.75) is 20.0 Å². The van der Waals surface area contributed by atoms with Crippen molar-refractivity contribution in [3.05, 3.63) is 64.2 Å². The van der Waals surface area contributed by atoms with Gasteiger partial charge in [-0.15, -0.1) is 11.3 Å². The molecule has 3 aromatic rings. The number of thiazole rings is 1. The molecule has 1 aliphatic rings. The minimum atomic E-state index is -0.0637. The number of anilines is 2. The molecule has 1 aromatic carbocycles. The Morgan fingerprint density at radius 3 is 2.81 bits per heavy atom. The number of para-hydroxylation sites is 1. The van der Waals surface area contributed by atoms with E-state index in [1.807, 2.05) is 54.8 Å². The van der Waals surface area contributed by atoms with Gasteiger partial charge in [0.2, 0.25) is 0 Å². The molecule has 0 saturated carbocycles. The van der Waals surface area contributed by atoms with E-state index in [2.05, 4.69) is 15.3 Å². The molecule has 7 heteroatoms. The van der Waals surface area contributed by atoms with Crippen molar-refractivity contribution in [1.82, 2.24) is 14.9 Å². The van der Waals surface area contributed by atoms with Crippen molar-refractivity contribution in [2.24, 2.45) is 0 Å². The fourth-order valence-corrected chi connectivity index (χ4v) is 3.40. The van der Waals surface area contributed by atoms with Crippen LogP contribution in [0, 0.1) is 6.92 Å². The number of hydrogen-bond acceptors (Lipinski definition) is 6. The van der Waals surface area contributed by atoms with Crippen LogP contribution in [0.2, 0.25) is 0 Å². The highest BCUT2D eigenvalue weighted by molar-refractivity contribution is 7.09. The van der Waals surface area contributed by atoms with Crippen molar-refractivity contribution in [3.8, 4) is 5.75 Å². The van der Waals surface area contributed by atoms with Gasteiger partial charge in [0.05, 0.1) is 23.8 Å². The van der Waals surface area contributed by atoms with Gasteiger partial charge in [-0.2, -0.15) is 0 Å². The number of amides is 1. The lowest BCUT2D eigenvalue weighted by molar-refractivity contribution is -0.133.